The number of nitrogens with zero attached hydrogens (tertiary/aromatic N) is 1. The second-order valence-corrected chi connectivity index (χ2v) is 4.86. The summed E-state index contributed by atoms with van der Waals surface area (Å²) in [5, 5.41) is 3.54. The Balaban J connectivity index is 4.37. The van der Waals surface area contributed by atoms with Crippen molar-refractivity contribution in [1.29, 1.82) is 0 Å². The van der Waals surface area contributed by atoms with Crippen LogP contribution in [0.5, 0.6) is 0 Å². The lowest BCUT2D eigenvalue weighted by molar-refractivity contribution is 0.139. The van der Waals surface area contributed by atoms with E-state index in [1.165, 1.54) is 38.9 Å². The van der Waals surface area contributed by atoms with Crippen molar-refractivity contribution in [3.05, 3.63) is 0 Å². The van der Waals surface area contributed by atoms with Crippen LogP contribution in [0.2, 0.25) is 0 Å². The second kappa shape index (κ2) is 9.00. The van der Waals surface area contributed by atoms with Crippen LogP contribution >= 0.6 is 0 Å². The maximum absolute atomic E-state index is 3.54. The highest BCUT2D eigenvalue weighted by molar-refractivity contribution is 4.82. The van der Waals surface area contributed by atoms with E-state index in [2.05, 4.69) is 44.8 Å². The van der Waals surface area contributed by atoms with E-state index in [9.17, 15) is 0 Å². The van der Waals surface area contributed by atoms with Crippen LogP contribution in [0.4, 0.5) is 0 Å². The van der Waals surface area contributed by atoms with Crippen LogP contribution in [-0.4, -0.2) is 37.6 Å². The lowest BCUT2D eigenvalue weighted by Gasteiger charge is -2.37. The third-order valence-corrected chi connectivity index (χ3v) is 3.80. The van der Waals surface area contributed by atoms with E-state index < -0.39 is 0 Å². The summed E-state index contributed by atoms with van der Waals surface area (Å²) >= 11 is 0. The van der Waals surface area contributed by atoms with Crippen molar-refractivity contribution in [2.45, 2.75) is 53.9 Å². The molecule has 0 aromatic carbocycles. The SMILES string of the molecule is CCCN(CC)CC(CC)(CC)CNCC. The smallest absolute Gasteiger partial charge is 0.00498 e. The number of rotatable bonds is 10. The lowest BCUT2D eigenvalue weighted by Crippen LogP contribution is -2.43. The molecule has 0 saturated carbocycles. The molecule has 0 atom stereocenters. The second-order valence-electron chi connectivity index (χ2n) is 4.86. The molecule has 0 aliphatic carbocycles. The minimum Gasteiger partial charge on any atom is -0.316 e. The Morgan fingerprint density at radius 3 is 2.00 bits per heavy atom. The quantitative estimate of drug-likeness (QED) is 0.618. The van der Waals surface area contributed by atoms with Gasteiger partial charge in [0.1, 0.15) is 0 Å². The molecular weight excluding hydrogens is 196 g/mol. The van der Waals surface area contributed by atoms with Crippen LogP contribution in [0.3, 0.4) is 0 Å². The zero-order valence-corrected chi connectivity index (χ0v) is 12.1. The Labute approximate surface area is 103 Å². The Morgan fingerprint density at radius 1 is 1.00 bits per heavy atom. The minimum atomic E-state index is 0.473. The van der Waals surface area contributed by atoms with Crippen molar-refractivity contribution in [2.75, 3.05) is 32.7 Å². The molecule has 0 saturated heterocycles. The van der Waals surface area contributed by atoms with Gasteiger partial charge in [-0.1, -0.05) is 34.6 Å². The first-order valence-electron chi connectivity index (χ1n) is 7.11. The average molecular weight is 228 g/mol. The zero-order chi connectivity index (χ0) is 12.4. The fraction of sp³-hybridized carbons (Fsp3) is 1.00. The summed E-state index contributed by atoms with van der Waals surface area (Å²) in [6.45, 7) is 17.3. The molecule has 0 radical (unpaired) electrons. The minimum absolute atomic E-state index is 0.473. The highest BCUT2D eigenvalue weighted by atomic mass is 15.1. The molecule has 0 bridgehead atoms. The normalized spacial score (nSPS) is 12.4. The number of hydrogen-bond donors (Lipinski definition) is 1. The summed E-state index contributed by atoms with van der Waals surface area (Å²) in [5.41, 5.74) is 0.473. The summed E-state index contributed by atoms with van der Waals surface area (Å²) in [6, 6.07) is 0. The summed E-state index contributed by atoms with van der Waals surface area (Å²) in [7, 11) is 0. The van der Waals surface area contributed by atoms with E-state index >= 15 is 0 Å². The zero-order valence-electron chi connectivity index (χ0n) is 12.1. The summed E-state index contributed by atoms with van der Waals surface area (Å²) in [5.74, 6) is 0. The van der Waals surface area contributed by atoms with E-state index in [0.717, 1.165) is 13.1 Å². The maximum atomic E-state index is 3.54. The molecule has 0 aromatic heterocycles. The van der Waals surface area contributed by atoms with E-state index in [-0.39, 0.29) is 0 Å². The first-order valence-corrected chi connectivity index (χ1v) is 7.11. The van der Waals surface area contributed by atoms with Crippen LogP contribution in [0.25, 0.3) is 0 Å². The van der Waals surface area contributed by atoms with E-state index in [1.54, 1.807) is 0 Å². The molecule has 0 fully saturated rings. The van der Waals surface area contributed by atoms with Crippen molar-refractivity contribution in [2.24, 2.45) is 5.41 Å². The lowest BCUT2D eigenvalue weighted by atomic mass is 9.81. The molecule has 0 amide bonds. The van der Waals surface area contributed by atoms with Gasteiger partial charge in [0.05, 0.1) is 0 Å². The highest BCUT2D eigenvalue weighted by Gasteiger charge is 2.27. The van der Waals surface area contributed by atoms with Gasteiger partial charge in [-0.05, 0) is 44.3 Å². The van der Waals surface area contributed by atoms with Gasteiger partial charge in [-0.3, -0.25) is 0 Å². The van der Waals surface area contributed by atoms with Gasteiger partial charge in [0.2, 0.25) is 0 Å². The molecule has 1 N–H and O–H groups in total. The van der Waals surface area contributed by atoms with Crippen molar-refractivity contribution < 1.29 is 0 Å². The van der Waals surface area contributed by atoms with Crippen molar-refractivity contribution in [3.63, 3.8) is 0 Å². The molecule has 98 valence electrons. The maximum Gasteiger partial charge on any atom is 0.00498 e. The van der Waals surface area contributed by atoms with Crippen LogP contribution in [0.15, 0.2) is 0 Å². The van der Waals surface area contributed by atoms with Crippen molar-refractivity contribution in [3.8, 4) is 0 Å². The Morgan fingerprint density at radius 2 is 1.62 bits per heavy atom. The predicted molar refractivity (Wildman–Crippen MR) is 74.0 cm³/mol. The van der Waals surface area contributed by atoms with Gasteiger partial charge in [-0.25, -0.2) is 0 Å². The first-order chi connectivity index (χ1) is 7.67. The molecule has 2 nitrogen and oxygen atoms in total. The molecule has 0 rings (SSSR count). The number of hydrogen-bond acceptors (Lipinski definition) is 2. The summed E-state index contributed by atoms with van der Waals surface area (Å²) in [4.78, 5) is 2.60. The fourth-order valence-corrected chi connectivity index (χ4v) is 2.31. The average Bonchev–Trinajstić information content (AvgIpc) is 2.33. The van der Waals surface area contributed by atoms with E-state index in [4.69, 9.17) is 0 Å². The van der Waals surface area contributed by atoms with Gasteiger partial charge in [-0.2, -0.15) is 0 Å². The van der Waals surface area contributed by atoms with Crippen molar-refractivity contribution in [1.82, 2.24) is 10.2 Å². The molecule has 16 heavy (non-hydrogen) atoms. The van der Waals surface area contributed by atoms with Gasteiger partial charge in [-0.15, -0.1) is 0 Å². The highest BCUT2D eigenvalue weighted by Crippen LogP contribution is 2.26. The Kier molecular flexibility index (Phi) is 8.96. The van der Waals surface area contributed by atoms with Crippen LogP contribution in [-0.2, 0) is 0 Å². The molecule has 0 unspecified atom stereocenters. The van der Waals surface area contributed by atoms with Gasteiger partial charge in [0.25, 0.3) is 0 Å². The van der Waals surface area contributed by atoms with Crippen molar-refractivity contribution >= 4 is 0 Å². The predicted octanol–water partition coefficient (Wildman–Crippen LogP) is 3.13. The van der Waals surface area contributed by atoms with Crippen LogP contribution in [0.1, 0.15) is 53.9 Å². The molecule has 0 aromatic rings. The third-order valence-electron chi connectivity index (χ3n) is 3.80. The van der Waals surface area contributed by atoms with Crippen LogP contribution in [0, 0.1) is 5.41 Å². The molecule has 0 aliphatic heterocycles. The monoisotopic (exact) mass is 228 g/mol. The number of nitrogens with one attached hydrogen (secondary N) is 1. The standard InChI is InChI=1S/C14H32N2/c1-6-11-16(10-5)13-14(7-2,8-3)12-15-9-4/h15H,6-13H2,1-5H3. The Hall–Kier alpha value is -0.0800. The molecule has 2 heteroatoms. The van der Waals surface area contributed by atoms with Gasteiger partial charge in [0, 0.05) is 13.1 Å². The van der Waals surface area contributed by atoms with E-state index in [1.807, 2.05) is 0 Å². The Bertz CT molecular complexity index is 153. The largest absolute Gasteiger partial charge is 0.316 e. The molecule has 0 spiro atoms. The summed E-state index contributed by atoms with van der Waals surface area (Å²) in [6.07, 6.45) is 3.81. The third kappa shape index (κ3) is 5.31. The van der Waals surface area contributed by atoms with Gasteiger partial charge >= 0.3 is 0 Å². The van der Waals surface area contributed by atoms with Gasteiger partial charge < -0.3 is 10.2 Å². The molecular formula is C14H32N2. The molecule has 0 heterocycles. The summed E-state index contributed by atoms with van der Waals surface area (Å²) < 4.78 is 0. The first kappa shape index (κ1) is 15.9. The van der Waals surface area contributed by atoms with Crippen LogP contribution < -0.4 is 5.32 Å². The van der Waals surface area contributed by atoms with Gasteiger partial charge in [0.15, 0.2) is 0 Å². The topological polar surface area (TPSA) is 15.3 Å². The molecule has 0 aliphatic rings. The fourth-order valence-electron chi connectivity index (χ4n) is 2.31. The van der Waals surface area contributed by atoms with E-state index in [0.29, 0.717) is 5.41 Å².